The highest BCUT2D eigenvalue weighted by Gasteiger charge is 2.28. The molecule has 104 valence electrons. The molecule has 1 heterocycles. The van der Waals surface area contributed by atoms with E-state index in [1.165, 1.54) is 0 Å². The molecule has 0 spiro atoms. The number of carbonyl (C=O) groups excluding carboxylic acids is 1. The van der Waals surface area contributed by atoms with E-state index in [-0.39, 0.29) is 24.1 Å². The lowest BCUT2D eigenvalue weighted by Gasteiger charge is -2.29. The normalized spacial score (nSPS) is 23.1. The molecule has 0 bridgehead atoms. The summed E-state index contributed by atoms with van der Waals surface area (Å²) in [6.45, 7) is 2.90. The third-order valence-electron chi connectivity index (χ3n) is 3.06. The Morgan fingerprint density at radius 2 is 2.32 bits per heavy atom. The molecule has 0 aliphatic carbocycles. The third kappa shape index (κ3) is 3.48. The van der Waals surface area contributed by atoms with Crippen molar-refractivity contribution in [1.29, 1.82) is 0 Å². The summed E-state index contributed by atoms with van der Waals surface area (Å²) in [5, 5.41) is 5.61. The monoisotopic (exact) mass is 270 g/mol. The van der Waals surface area contributed by atoms with E-state index in [2.05, 4.69) is 10.6 Å². The Bertz CT molecular complexity index is 468. The second-order valence-corrected chi connectivity index (χ2v) is 4.46. The lowest BCUT2D eigenvalue weighted by molar-refractivity contribution is -0.129. The molecule has 1 aromatic carbocycles. The highest BCUT2D eigenvalue weighted by atomic mass is 19.1. The molecule has 4 nitrogen and oxygen atoms in total. The first-order chi connectivity index (χ1) is 9.08. The van der Waals surface area contributed by atoms with E-state index in [0.29, 0.717) is 13.2 Å². The van der Waals surface area contributed by atoms with E-state index in [4.69, 9.17) is 4.74 Å². The molecule has 1 aliphatic rings. The highest BCUT2D eigenvalue weighted by molar-refractivity contribution is 5.82. The van der Waals surface area contributed by atoms with Crippen molar-refractivity contribution in [3.63, 3.8) is 0 Å². The predicted octanol–water partition coefficient (Wildman–Crippen LogP) is 0.958. The van der Waals surface area contributed by atoms with Crippen molar-refractivity contribution < 1.29 is 18.3 Å². The Labute approximate surface area is 110 Å². The zero-order valence-corrected chi connectivity index (χ0v) is 10.6. The number of benzene rings is 1. The molecule has 1 fully saturated rings. The van der Waals surface area contributed by atoms with E-state index in [0.717, 1.165) is 18.2 Å². The summed E-state index contributed by atoms with van der Waals surface area (Å²) in [7, 11) is 0. The molecular weight excluding hydrogens is 254 g/mol. The predicted molar refractivity (Wildman–Crippen MR) is 65.4 cm³/mol. The Hall–Kier alpha value is -1.53. The second kappa shape index (κ2) is 6.08. The Balaban J connectivity index is 1.94. The van der Waals surface area contributed by atoms with Crippen molar-refractivity contribution in [3.05, 3.63) is 35.4 Å². The summed E-state index contributed by atoms with van der Waals surface area (Å²) in [6, 6.07) is 2.69. The highest BCUT2D eigenvalue weighted by Crippen LogP contribution is 2.10. The van der Waals surface area contributed by atoms with Gasteiger partial charge >= 0.3 is 0 Å². The van der Waals surface area contributed by atoms with Crippen LogP contribution >= 0.6 is 0 Å². The molecule has 1 aliphatic heterocycles. The van der Waals surface area contributed by atoms with Gasteiger partial charge in [0.15, 0.2) is 0 Å². The van der Waals surface area contributed by atoms with Crippen LogP contribution in [-0.4, -0.2) is 31.2 Å². The van der Waals surface area contributed by atoms with Gasteiger partial charge < -0.3 is 15.4 Å². The molecule has 1 aromatic rings. The molecule has 2 atom stereocenters. The van der Waals surface area contributed by atoms with Crippen molar-refractivity contribution in [2.75, 3.05) is 13.2 Å². The second-order valence-electron chi connectivity index (χ2n) is 4.46. The van der Waals surface area contributed by atoms with Crippen LogP contribution in [0.2, 0.25) is 0 Å². The lowest BCUT2D eigenvalue weighted by Crippen LogP contribution is -2.55. The van der Waals surface area contributed by atoms with Gasteiger partial charge in [-0.1, -0.05) is 0 Å². The average Bonchev–Trinajstić information content (AvgIpc) is 2.40. The van der Waals surface area contributed by atoms with Gasteiger partial charge in [-0.15, -0.1) is 0 Å². The minimum Gasteiger partial charge on any atom is -0.375 e. The Morgan fingerprint density at radius 1 is 1.53 bits per heavy atom. The molecule has 1 saturated heterocycles. The van der Waals surface area contributed by atoms with Crippen molar-refractivity contribution in [1.82, 2.24) is 10.6 Å². The zero-order valence-electron chi connectivity index (χ0n) is 10.6. The summed E-state index contributed by atoms with van der Waals surface area (Å²) in [6.07, 6.45) is -0.244. The van der Waals surface area contributed by atoms with Gasteiger partial charge in [0.05, 0.1) is 12.7 Å². The Morgan fingerprint density at radius 3 is 3.05 bits per heavy atom. The molecule has 19 heavy (non-hydrogen) atoms. The smallest absolute Gasteiger partial charge is 0.240 e. The summed E-state index contributed by atoms with van der Waals surface area (Å²) in [4.78, 5) is 11.9. The van der Waals surface area contributed by atoms with Gasteiger partial charge in [0, 0.05) is 18.7 Å². The molecule has 2 N–H and O–H groups in total. The molecular formula is C13H16F2N2O2. The Kier molecular flexibility index (Phi) is 4.44. The molecule has 0 aromatic heterocycles. The fraction of sp³-hybridized carbons (Fsp3) is 0.462. The minimum absolute atomic E-state index is 0.0483. The number of halogens is 2. The van der Waals surface area contributed by atoms with Gasteiger partial charge in [0.2, 0.25) is 5.91 Å². The van der Waals surface area contributed by atoms with Crippen LogP contribution in [0.3, 0.4) is 0 Å². The molecule has 0 unspecified atom stereocenters. The molecule has 0 radical (unpaired) electrons. The van der Waals surface area contributed by atoms with Crippen LogP contribution < -0.4 is 10.6 Å². The number of hydrogen-bond donors (Lipinski definition) is 2. The maximum atomic E-state index is 13.4. The van der Waals surface area contributed by atoms with Gasteiger partial charge in [-0.3, -0.25) is 4.79 Å². The summed E-state index contributed by atoms with van der Waals surface area (Å²) in [5.74, 6) is -1.35. The number of hydrogen-bond acceptors (Lipinski definition) is 3. The standard InChI is InChI=1S/C13H16F2N2O2/c1-8-12(16-4-5-19-8)13(18)17-7-9-6-10(14)2-3-11(9)15/h2-3,6,8,12,16H,4-5,7H2,1H3,(H,17,18)/t8-,12+/m1/s1. The first kappa shape index (κ1) is 13.9. The van der Waals surface area contributed by atoms with Crippen LogP contribution in [0.25, 0.3) is 0 Å². The molecule has 2 rings (SSSR count). The van der Waals surface area contributed by atoms with Crippen LogP contribution in [-0.2, 0) is 16.1 Å². The van der Waals surface area contributed by atoms with Crippen molar-refractivity contribution >= 4 is 5.91 Å². The SMILES string of the molecule is C[C@H]1OCCN[C@@H]1C(=O)NCc1cc(F)ccc1F. The fourth-order valence-electron chi connectivity index (χ4n) is 2.00. The lowest BCUT2D eigenvalue weighted by atomic mass is 10.1. The number of morpholine rings is 1. The van der Waals surface area contributed by atoms with Crippen LogP contribution in [0.1, 0.15) is 12.5 Å². The molecule has 1 amide bonds. The van der Waals surface area contributed by atoms with Gasteiger partial charge in [-0.25, -0.2) is 8.78 Å². The third-order valence-corrected chi connectivity index (χ3v) is 3.06. The zero-order chi connectivity index (χ0) is 13.8. The van der Waals surface area contributed by atoms with E-state index >= 15 is 0 Å². The summed E-state index contributed by atoms with van der Waals surface area (Å²) >= 11 is 0. The maximum absolute atomic E-state index is 13.4. The summed E-state index contributed by atoms with van der Waals surface area (Å²) in [5.41, 5.74) is 0.123. The van der Waals surface area contributed by atoms with E-state index in [1.54, 1.807) is 6.92 Å². The molecule has 0 saturated carbocycles. The number of rotatable bonds is 3. The first-order valence-corrected chi connectivity index (χ1v) is 6.14. The van der Waals surface area contributed by atoms with Crippen molar-refractivity contribution in [2.24, 2.45) is 0 Å². The van der Waals surface area contributed by atoms with E-state index < -0.39 is 17.7 Å². The number of nitrogens with one attached hydrogen (secondary N) is 2. The van der Waals surface area contributed by atoms with Gasteiger partial charge in [0.1, 0.15) is 17.7 Å². The fourth-order valence-corrected chi connectivity index (χ4v) is 2.00. The van der Waals surface area contributed by atoms with Crippen molar-refractivity contribution in [2.45, 2.75) is 25.6 Å². The topological polar surface area (TPSA) is 50.4 Å². The van der Waals surface area contributed by atoms with Gasteiger partial charge in [-0.05, 0) is 25.1 Å². The first-order valence-electron chi connectivity index (χ1n) is 6.14. The maximum Gasteiger partial charge on any atom is 0.240 e. The average molecular weight is 270 g/mol. The summed E-state index contributed by atoms with van der Waals surface area (Å²) < 4.78 is 31.7. The number of carbonyl (C=O) groups is 1. The minimum atomic E-state index is -0.539. The quantitative estimate of drug-likeness (QED) is 0.860. The number of amides is 1. The van der Waals surface area contributed by atoms with Crippen molar-refractivity contribution in [3.8, 4) is 0 Å². The van der Waals surface area contributed by atoms with Gasteiger partial charge in [0.25, 0.3) is 0 Å². The number of ether oxygens (including phenoxy) is 1. The van der Waals surface area contributed by atoms with E-state index in [1.807, 2.05) is 0 Å². The van der Waals surface area contributed by atoms with Gasteiger partial charge in [-0.2, -0.15) is 0 Å². The van der Waals surface area contributed by atoms with E-state index in [9.17, 15) is 13.6 Å². The van der Waals surface area contributed by atoms with Crippen LogP contribution in [0.4, 0.5) is 8.78 Å². The molecule has 6 heteroatoms. The van der Waals surface area contributed by atoms with Crippen LogP contribution in [0, 0.1) is 11.6 Å². The largest absolute Gasteiger partial charge is 0.375 e. The van der Waals surface area contributed by atoms with Crippen LogP contribution in [0.15, 0.2) is 18.2 Å². The van der Waals surface area contributed by atoms with Crippen LogP contribution in [0.5, 0.6) is 0 Å².